The molecule has 0 rings (SSSR count). The van der Waals surface area contributed by atoms with E-state index in [4.69, 9.17) is 4.74 Å². The number of esters is 1. The number of rotatable bonds is 8. The first-order valence-electron chi connectivity index (χ1n) is 5.43. The molecule has 0 saturated carbocycles. The van der Waals surface area contributed by atoms with Gasteiger partial charge in [-0.25, -0.2) is 0 Å². The Bertz CT molecular complexity index is 146. The lowest BCUT2D eigenvalue weighted by Gasteiger charge is -2.06. The summed E-state index contributed by atoms with van der Waals surface area (Å²) < 4.78 is 5.08. The number of carbonyl (C=O) groups excluding carboxylic acids is 1. The Balaban J connectivity index is 3.20. The second-order valence-corrected chi connectivity index (χ2v) is 4.38. The van der Waals surface area contributed by atoms with Crippen molar-refractivity contribution in [1.29, 1.82) is 0 Å². The molecule has 0 fully saturated rings. The topological polar surface area (TPSA) is 26.3 Å². The van der Waals surface area contributed by atoms with Crippen molar-refractivity contribution in [3.63, 3.8) is 0 Å². The highest BCUT2D eigenvalue weighted by atomic mass is 32.1. The first-order chi connectivity index (χ1) is 6.66. The lowest BCUT2D eigenvalue weighted by atomic mass is 10.1. The molecule has 0 aliphatic rings. The molecule has 0 amide bonds. The van der Waals surface area contributed by atoms with Crippen LogP contribution in [0, 0.1) is 5.92 Å². The molecule has 0 unspecified atom stereocenters. The zero-order valence-corrected chi connectivity index (χ0v) is 10.2. The zero-order valence-electron chi connectivity index (χ0n) is 9.29. The molecule has 0 heterocycles. The van der Waals surface area contributed by atoms with Crippen molar-refractivity contribution in [2.75, 3.05) is 12.4 Å². The van der Waals surface area contributed by atoms with Crippen LogP contribution in [-0.2, 0) is 9.53 Å². The maximum Gasteiger partial charge on any atom is 0.305 e. The Morgan fingerprint density at radius 2 is 2.00 bits per heavy atom. The van der Waals surface area contributed by atoms with Crippen LogP contribution in [0.4, 0.5) is 0 Å². The molecule has 84 valence electrons. The quantitative estimate of drug-likeness (QED) is 0.385. The van der Waals surface area contributed by atoms with E-state index in [1.54, 1.807) is 0 Å². The summed E-state index contributed by atoms with van der Waals surface area (Å²) in [5.41, 5.74) is 0. The minimum Gasteiger partial charge on any atom is -0.466 e. The largest absolute Gasteiger partial charge is 0.466 e. The van der Waals surface area contributed by atoms with Gasteiger partial charge in [0, 0.05) is 6.42 Å². The van der Waals surface area contributed by atoms with Crippen LogP contribution in [0.15, 0.2) is 0 Å². The molecule has 0 radical (unpaired) electrons. The summed E-state index contributed by atoms with van der Waals surface area (Å²) in [5.74, 6) is 1.46. The molecule has 0 bridgehead atoms. The third kappa shape index (κ3) is 9.90. The van der Waals surface area contributed by atoms with Crippen LogP contribution in [0.3, 0.4) is 0 Å². The van der Waals surface area contributed by atoms with Crippen LogP contribution < -0.4 is 0 Å². The van der Waals surface area contributed by atoms with Gasteiger partial charge < -0.3 is 4.74 Å². The highest BCUT2D eigenvalue weighted by molar-refractivity contribution is 7.80. The van der Waals surface area contributed by atoms with Gasteiger partial charge >= 0.3 is 5.97 Å². The van der Waals surface area contributed by atoms with Crippen molar-refractivity contribution >= 4 is 18.6 Å². The molecule has 0 atom stereocenters. The molecular formula is C11H22O2S. The van der Waals surface area contributed by atoms with Crippen molar-refractivity contribution in [3.05, 3.63) is 0 Å². The van der Waals surface area contributed by atoms with Crippen molar-refractivity contribution < 1.29 is 9.53 Å². The number of thiol groups is 1. The second-order valence-electron chi connectivity index (χ2n) is 3.94. The SMILES string of the molecule is CC(C)CCOC(=O)CCCCCS. The average Bonchev–Trinajstić information content (AvgIpc) is 2.12. The fourth-order valence-corrected chi connectivity index (χ4v) is 1.26. The number of unbranched alkanes of at least 4 members (excludes halogenated alkanes) is 2. The van der Waals surface area contributed by atoms with Gasteiger partial charge in [-0.2, -0.15) is 12.6 Å². The molecular weight excluding hydrogens is 196 g/mol. The van der Waals surface area contributed by atoms with Crippen molar-refractivity contribution in [1.82, 2.24) is 0 Å². The predicted octanol–water partition coefficient (Wildman–Crippen LogP) is 3.07. The van der Waals surface area contributed by atoms with Crippen LogP contribution in [0.2, 0.25) is 0 Å². The Kier molecular flexibility index (Phi) is 9.26. The number of hydrogen-bond acceptors (Lipinski definition) is 3. The van der Waals surface area contributed by atoms with E-state index in [9.17, 15) is 4.79 Å². The Hall–Kier alpha value is -0.180. The van der Waals surface area contributed by atoms with Crippen molar-refractivity contribution in [2.24, 2.45) is 5.92 Å². The van der Waals surface area contributed by atoms with E-state index in [2.05, 4.69) is 26.5 Å². The summed E-state index contributed by atoms with van der Waals surface area (Å²) in [6, 6.07) is 0. The highest BCUT2D eigenvalue weighted by Crippen LogP contribution is 2.04. The highest BCUT2D eigenvalue weighted by Gasteiger charge is 2.02. The minimum atomic E-state index is -0.0511. The Labute approximate surface area is 92.8 Å². The molecule has 2 nitrogen and oxygen atoms in total. The minimum absolute atomic E-state index is 0.0511. The molecule has 0 spiro atoms. The van der Waals surface area contributed by atoms with Gasteiger partial charge in [-0.15, -0.1) is 0 Å². The summed E-state index contributed by atoms with van der Waals surface area (Å²) in [7, 11) is 0. The molecule has 0 N–H and O–H groups in total. The number of carbonyl (C=O) groups is 1. The fraction of sp³-hybridized carbons (Fsp3) is 0.909. The number of hydrogen-bond donors (Lipinski definition) is 1. The lowest BCUT2D eigenvalue weighted by Crippen LogP contribution is -2.07. The van der Waals surface area contributed by atoms with Crippen molar-refractivity contribution in [2.45, 2.75) is 46.0 Å². The van der Waals surface area contributed by atoms with Gasteiger partial charge in [0.2, 0.25) is 0 Å². The molecule has 0 aromatic rings. The molecule has 0 aliphatic carbocycles. The third-order valence-corrected chi connectivity index (χ3v) is 2.31. The van der Waals surface area contributed by atoms with E-state index in [1.165, 1.54) is 0 Å². The van der Waals surface area contributed by atoms with E-state index < -0.39 is 0 Å². The first-order valence-corrected chi connectivity index (χ1v) is 6.06. The molecule has 3 heteroatoms. The van der Waals surface area contributed by atoms with Gasteiger partial charge in [0.1, 0.15) is 0 Å². The van der Waals surface area contributed by atoms with Crippen LogP contribution >= 0.6 is 12.6 Å². The molecule has 0 aromatic heterocycles. The summed E-state index contributed by atoms with van der Waals surface area (Å²) >= 11 is 4.11. The Morgan fingerprint density at radius 1 is 1.29 bits per heavy atom. The fourth-order valence-electron chi connectivity index (χ4n) is 1.04. The van der Waals surface area contributed by atoms with E-state index in [1.807, 2.05) is 0 Å². The van der Waals surface area contributed by atoms with Gasteiger partial charge in [0.05, 0.1) is 6.61 Å². The van der Waals surface area contributed by atoms with E-state index in [0.717, 1.165) is 31.4 Å². The predicted molar refractivity (Wildman–Crippen MR) is 62.7 cm³/mol. The van der Waals surface area contributed by atoms with Gasteiger partial charge in [-0.3, -0.25) is 4.79 Å². The average molecular weight is 218 g/mol. The van der Waals surface area contributed by atoms with E-state index in [-0.39, 0.29) is 5.97 Å². The van der Waals surface area contributed by atoms with E-state index >= 15 is 0 Å². The second kappa shape index (κ2) is 9.38. The zero-order chi connectivity index (χ0) is 10.8. The normalized spacial score (nSPS) is 10.6. The molecule has 0 aliphatic heterocycles. The van der Waals surface area contributed by atoms with Crippen LogP contribution in [0.25, 0.3) is 0 Å². The molecule has 14 heavy (non-hydrogen) atoms. The maximum absolute atomic E-state index is 11.1. The summed E-state index contributed by atoms with van der Waals surface area (Å²) in [6.07, 6.45) is 4.61. The maximum atomic E-state index is 11.1. The smallest absolute Gasteiger partial charge is 0.305 e. The van der Waals surface area contributed by atoms with Gasteiger partial charge in [-0.05, 0) is 30.9 Å². The summed E-state index contributed by atoms with van der Waals surface area (Å²) in [6.45, 7) is 4.82. The monoisotopic (exact) mass is 218 g/mol. The first kappa shape index (κ1) is 13.8. The Morgan fingerprint density at radius 3 is 2.57 bits per heavy atom. The lowest BCUT2D eigenvalue weighted by molar-refractivity contribution is -0.144. The van der Waals surface area contributed by atoms with Crippen LogP contribution in [0.1, 0.15) is 46.0 Å². The third-order valence-electron chi connectivity index (χ3n) is 2.00. The standard InChI is InChI=1S/C11H22O2S/c1-10(2)7-8-13-11(12)6-4-3-5-9-14/h10,14H,3-9H2,1-2H3. The summed E-state index contributed by atoms with van der Waals surface area (Å²) in [5, 5.41) is 0. The molecule has 0 saturated heterocycles. The van der Waals surface area contributed by atoms with Gasteiger partial charge in [0.25, 0.3) is 0 Å². The van der Waals surface area contributed by atoms with Gasteiger partial charge in [0.15, 0.2) is 0 Å². The van der Waals surface area contributed by atoms with E-state index in [0.29, 0.717) is 18.9 Å². The van der Waals surface area contributed by atoms with Crippen LogP contribution in [0.5, 0.6) is 0 Å². The van der Waals surface area contributed by atoms with Crippen LogP contribution in [-0.4, -0.2) is 18.3 Å². The number of ether oxygens (including phenoxy) is 1. The molecule has 0 aromatic carbocycles. The van der Waals surface area contributed by atoms with Crippen molar-refractivity contribution in [3.8, 4) is 0 Å². The van der Waals surface area contributed by atoms with Gasteiger partial charge in [-0.1, -0.05) is 20.3 Å². The summed E-state index contributed by atoms with van der Waals surface area (Å²) in [4.78, 5) is 11.1.